The van der Waals surface area contributed by atoms with Gasteiger partial charge in [0.1, 0.15) is 0 Å². The highest BCUT2D eigenvalue weighted by molar-refractivity contribution is 5.34. The first-order valence-corrected chi connectivity index (χ1v) is 8.55. The Bertz CT molecular complexity index is 370. The number of nitrogens with one attached hydrogen (secondary N) is 1. The highest BCUT2D eigenvalue weighted by Gasteiger charge is 2.13. The van der Waals surface area contributed by atoms with Gasteiger partial charge in [0.2, 0.25) is 0 Å². The minimum Gasteiger partial charge on any atom is -0.313 e. The summed E-state index contributed by atoms with van der Waals surface area (Å²) < 4.78 is 0. The fourth-order valence-electron chi connectivity index (χ4n) is 2.92. The summed E-state index contributed by atoms with van der Waals surface area (Å²) in [5.41, 5.74) is 4.50. The van der Waals surface area contributed by atoms with Gasteiger partial charge in [-0.25, -0.2) is 0 Å². The molecular formula is C19H33N. The average molecular weight is 275 g/mol. The molecular weight excluding hydrogens is 242 g/mol. The minimum atomic E-state index is 0.526. The summed E-state index contributed by atoms with van der Waals surface area (Å²) in [5, 5.41) is 3.54. The number of hydrogen-bond donors (Lipinski definition) is 1. The second-order valence-corrected chi connectivity index (χ2v) is 5.78. The van der Waals surface area contributed by atoms with Gasteiger partial charge >= 0.3 is 0 Å². The summed E-state index contributed by atoms with van der Waals surface area (Å²) >= 11 is 0. The number of hydrogen-bond acceptors (Lipinski definition) is 1. The molecule has 1 rings (SSSR count). The zero-order valence-corrected chi connectivity index (χ0v) is 14.0. The maximum absolute atomic E-state index is 3.54. The maximum Gasteiger partial charge on any atom is 0.0320 e. The Kier molecular flexibility index (Phi) is 8.60. The summed E-state index contributed by atoms with van der Waals surface area (Å²) in [7, 11) is 2.11. The van der Waals surface area contributed by atoms with E-state index in [0.29, 0.717) is 6.04 Å². The van der Waals surface area contributed by atoms with Crippen molar-refractivity contribution in [3.05, 3.63) is 34.9 Å². The van der Waals surface area contributed by atoms with E-state index in [9.17, 15) is 0 Å². The molecule has 1 unspecified atom stereocenters. The molecule has 0 fully saturated rings. The number of unbranched alkanes of at least 4 members (excludes halogenated alkanes) is 4. The van der Waals surface area contributed by atoms with Gasteiger partial charge in [-0.1, -0.05) is 71.1 Å². The average Bonchev–Trinajstić information content (AvgIpc) is 2.50. The van der Waals surface area contributed by atoms with E-state index in [0.717, 1.165) is 12.8 Å². The molecule has 0 amide bonds. The van der Waals surface area contributed by atoms with Crippen LogP contribution >= 0.6 is 0 Å². The first-order chi connectivity index (χ1) is 9.76. The molecule has 1 N–H and O–H groups in total. The molecule has 0 aliphatic rings. The third kappa shape index (κ3) is 5.28. The van der Waals surface area contributed by atoms with Gasteiger partial charge in [0.05, 0.1) is 0 Å². The Morgan fingerprint density at radius 3 is 2.30 bits per heavy atom. The Balaban J connectivity index is 2.67. The zero-order valence-electron chi connectivity index (χ0n) is 14.0. The standard InChI is InChI=1S/C19H33N/c1-5-8-9-10-11-12-19(20-4)18-15-16(6-2)13-14-17(18)7-3/h13-15,19-20H,5-12H2,1-4H3. The van der Waals surface area contributed by atoms with Gasteiger partial charge in [0.15, 0.2) is 0 Å². The molecule has 1 heteroatoms. The Morgan fingerprint density at radius 2 is 1.70 bits per heavy atom. The monoisotopic (exact) mass is 275 g/mol. The van der Waals surface area contributed by atoms with Crippen LogP contribution in [0.3, 0.4) is 0 Å². The molecule has 1 nitrogen and oxygen atoms in total. The molecule has 1 atom stereocenters. The summed E-state index contributed by atoms with van der Waals surface area (Å²) in [5.74, 6) is 0. The molecule has 0 spiro atoms. The summed E-state index contributed by atoms with van der Waals surface area (Å²) in [6.45, 7) is 6.78. The first kappa shape index (κ1) is 17.2. The molecule has 20 heavy (non-hydrogen) atoms. The van der Waals surface area contributed by atoms with Gasteiger partial charge in [-0.05, 0) is 43.0 Å². The van der Waals surface area contributed by atoms with Crippen LogP contribution in [0.25, 0.3) is 0 Å². The first-order valence-electron chi connectivity index (χ1n) is 8.55. The van der Waals surface area contributed by atoms with Crippen molar-refractivity contribution in [1.29, 1.82) is 0 Å². The predicted molar refractivity (Wildman–Crippen MR) is 90.4 cm³/mol. The van der Waals surface area contributed by atoms with Gasteiger partial charge < -0.3 is 5.32 Å². The topological polar surface area (TPSA) is 12.0 Å². The summed E-state index contributed by atoms with van der Waals surface area (Å²) in [4.78, 5) is 0. The lowest BCUT2D eigenvalue weighted by Crippen LogP contribution is -2.18. The van der Waals surface area contributed by atoms with Crippen molar-refractivity contribution in [2.45, 2.75) is 78.2 Å². The third-order valence-electron chi connectivity index (χ3n) is 4.32. The summed E-state index contributed by atoms with van der Waals surface area (Å²) in [6, 6.07) is 7.57. The highest BCUT2D eigenvalue weighted by atomic mass is 14.9. The van der Waals surface area contributed by atoms with Crippen LogP contribution in [0, 0.1) is 0 Å². The maximum atomic E-state index is 3.54. The van der Waals surface area contributed by atoms with E-state index in [-0.39, 0.29) is 0 Å². The van der Waals surface area contributed by atoms with Crippen molar-refractivity contribution in [3.63, 3.8) is 0 Å². The van der Waals surface area contributed by atoms with E-state index in [2.05, 4.69) is 51.3 Å². The molecule has 0 aromatic heterocycles. The van der Waals surface area contributed by atoms with Crippen LogP contribution in [0.1, 0.15) is 82.0 Å². The van der Waals surface area contributed by atoms with Crippen molar-refractivity contribution in [2.75, 3.05) is 7.05 Å². The second-order valence-electron chi connectivity index (χ2n) is 5.78. The van der Waals surface area contributed by atoms with Crippen molar-refractivity contribution in [3.8, 4) is 0 Å². The highest BCUT2D eigenvalue weighted by Crippen LogP contribution is 2.25. The smallest absolute Gasteiger partial charge is 0.0320 e. The Hall–Kier alpha value is -0.820. The van der Waals surface area contributed by atoms with Gasteiger partial charge in [-0.3, -0.25) is 0 Å². The molecule has 1 aromatic rings. The van der Waals surface area contributed by atoms with Crippen molar-refractivity contribution in [1.82, 2.24) is 5.32 Å². The van der Waals surface area contributed by atoms with Crippen LogP contribution in [0.2, 0.25) is 0 Å². The lowest BCUT2D eigenvalue weighted by Gasteiger charge is -2.21. The molecule has 0 saturated heterocycles. The molecule has 0 saturated carbocycles. The van der Waals surface area contributed by atoms with E-state index in [4.69, 9.17) is 0 Å². The zero-order chi connectivity index (χ0) is 14.8. The van der Waals surface area contributed by atoms with E-state index < -0.39 is 0 Å². The molecule has 0 aliphatic carbocycles. The normalized spacial score (nSPS) is 12.6. The van der Waals surface area contributed by atoms with E-state index in [1.54, 1.807) is 0 Å². The molecule has 0 heterocycles. The number of benzene rings is 1. The number of rotatable bonds is 10. The van der Waals surface area contributed by atoms with Gasteiger partial charge in [-0.2, -0.15) is 0 Å². The molecule has 0 radical (unpaired) electrons. The SMILES string of the molecule is CCCCCCCC(NC)c1cc(CC)ccc1CC. The van der Waals surface area contributed by atoms with Crippen molar-refractivity contribution >= 4 is 0 Å². The van der Waals surface area contributed by atoms with Gasteiger partial charge in [0, 0.05) is 6.04 Å². The van der Waals surface area contributed by atoms with E-state index >= 15 is 0 Å². The van der Waals surface area contributed by atoms with Gasteiger partial charge in [-0.15, -0.1) is 0 Å². The molecule has 1 aromatic carbocycles. The summed E-state index contributed by atoms with van der Waals surface area (Å²) in [6.07, 6.45) is 10.3. The van der Waals surface area contributed by atoms with E-state index in [1.165, 1.54) is 55.2 Å². The Labute approximate surface area is 126 Å². The van der Waals surface area contributed by atoms with Gasteiger partial charge in [0.25, 0.3) is 0 Å². The van der Waals surface area contributed by atoms with Crippen LogP contribution in [0.5, 0.6) is 0 Å². The largest absolute Gasteiger partial charge is 0.313 e. The Morgan fingerprint density at radius 1 is 0.950 bits per heavy atom. The van der Waals surface area contributed by atoms with E-state index in [1.807, 2.05) is 0 Å². The molecule has 0 aliphatic heterocycles. The van der Waals surface area contributed by atoms with Crippen molar-refractivity contribution < 1.29 is 0 Å². The number of aryl methyl sites for hydroxylation is 2. The molecule has 0 bridgehead atoms. The van der Waals surface area contributed by atoms with Crippen LogP contribution in [0.15, 0.2) is 18.2 Å². The van der Waals surface area contributed by atoms with Crippen LogP contribution in [-0.2, 0) is 12.8 Å². The van der Waals surface area contributed by atoms with Crippen LogP contribution in [-0.4, -0.2) is 7.05 Å². The quantitative estimate of drug-likeness (QED) is 0.561. The van der Waals surface area contributed by atoms with Crippen molar-refractivity contribution in [2.24, 2.45) is 0 Å². The second kappa shape index (κ2) is 9.99. The lowest BCUT2D eigenvalue weighted by molar-refractivity contribution is 0.498. The lowest BCUT2D eigenvalue weighted by atomic mass is 9.92. The van der Waals surface area contributed by atoms with Crippen LogP contribution < -0.4 is 5.32 Å². The fourth-order valence-corrected chi connectivity index (χ4v) is 2.92. The molecule has 114 valence electrons. The van der Waals surface area contributed by atoms with Crippen LogP contribution in [0.4, 0.5) is 0 Å². The predicted octanol–water partition coefficient (Wildman–Crippen LogP) is 5.43. The minimum absolute atomic E-state index is 0.526. The fraction of sp³-hybridized carbons (Fsp3) is 0.684. The third-order valence-corrected chi connectivity index (χ3v) is 4.32.